The molecule has 0 aromatic heterocycles. The van der Waals surface area contributed by atoms with Gasteiger partial charge in [0.25, 0.3) is 5.91 Å². The minimum atomic E-state index is 0.00783. The predicted molar refractivity (Wildman–Crippen MR) is 109 cm³/mol. The van der Waals surface area contributed by atoms with Crippen LogP contribution in [-0.2, 0) is 11.3 Å². The van der Waals surface area contributed by atoms with Gasteiger partial charge in [-0.1, -0.05) is 30.3 Å². The molecule has 1 atom stereocenters. The van der Waals surface area contributed by atoms with E-state index < -0.39 is 0 Å². The highest BCUT2D eigenvalue weighted by molar-refractivity contribution is 5.94. The first-order chi connectivity index (χ1) is 13.5. The van der Waals surface area contributed by atoms with Crippen molar-refractivity contribution in [3.63, 3.8) is 0 Å². The fourth-order valence-corrected chi connectivity index (χ4v) is 3.56. The number of carbonyl (C=O) groups is 2. The molecule has 0 N–H and O–H groups in total. The quantitative estimate of drug-likeness (QED) is 0.691. The normalized spacial score (nSPS) is 16.8. The lowest BCUT2D eigenvalue weighted by Crippen LogP contribution is -2.49. The molecule has 28 heavy (non-hydrogen) atoms. The van der Waals surface area contributed by atoms with Gasteiger partial charge in [-0.05, 0) is 56.6 Å². The number of hydrogen-bond acceptors (Lipinski definition) is 4. The standard InChI is InChI=1S/C23H28N2O3/c1-18(26)20-10-12-22(13-11-20)28-17-23(27)25-14-6-9-21(16-25)24(2)15-19-7-4-3-5-8-19/h3-5,7-8,10-13,21H,6,9,14-17H2,1-2H3/t21-/m0/s1. The lowest BCUT2D eigenvalue weighted by Gasteiger charge is -2.37. The minimum absolute atomic E-state index is 0.00783. The first-order valence-corrected chi connectivity index (χ1v) is 9.78. The van der Waals surface area contributed by atoms with Crippen LogP contribution in [-0.4, -0.2) is 54.3 Å². The van der Waals surface area contributed by atoms with Crippen molar-refractivity contribution >= 4 is 11.7 Å². The Labute approximate surface area is 166 Å². The molecule has 2 aromatic carbocycles. The van der Waals surface area contributed by atoms with Gasteiger partial charge < -0.3 is 9.64 Å². The summed E-state index contributed by atoms with van der Waals surface area (Å²) >= 11 is 0. The van der Waals surface area contributed by atoms with Gasteiger partial charge >= 0.3 is 0 Å². The Morgan fingerprint density at radius 2 is 1.82 bits per heavy atom. The van der Waals surface area contributed by atoms with Crippen LogP contribution in [0.25, 0.3) is 0 Å². The molecule has 0 bridgehead atoms. The van der Waals surface area contributed by atoms with Crippen LogP contribution < -0.4 is 4.74 Å². The second-order valence-corrected chi connectivity index (χ2v) is 7.41. The van der Waals surface area contributed by atoms with Crippen molar-refractivity contribution in [3.05, 3.63) is 65.7 Å². The van der Waals surface area contributed by atoms with E-state index in [9.17, 15) is 9.59 Å². The fraction of sp³-hybridized carbons (Fsp3) is 0.391. The molecule has 1 aliphatic heterocycles. The van der Waals surface area contributed by atoms with Gasteiger partial charge in [0, 0.05) is 31.2 Å². The maximum Gasteiger partial charge on any atom is 0.260 e. The molecule has 5 heteroatoms. The molecular formula is C23H28N2O3. The minimum Gasteiger partial charge on any atom is -0.484 e. The van der Waals surface area contributed by atoms with E-state index in [1.54, 1.807) is 24.3 Å². The molecule has 1 saturated heterocycles. The van der Waals surface area contributed by atoms with Crippen molar-refractivity contribution < 1.29 is 14.3 Å². The second-order valence-electron chi connectivity index (χ2n) is 7.41. The number of ketones is 1. The smallest absolute Gasteiger partial charge is 0.260 e. The number of benzene rings is 2. The molecule has 3 rings (SSSR count). The summed E-state index contributed by atoms with van der Waals surface area (Å²) in [4.78, 5) is 28.2. The number of nitrogens with zero attached hydrogens (tertiary/aromatic N) is 2. The summed E-state index contributed by atoms with van der Waals surface area (Å²) < 4.78 is 5.63. The second kappa shape index (κ2) is 9.51. The number of likely N-dealkylation sites (tertiary alicyclic amines) is 1. The van der Waals surface area contributed by atoms with Crippen LogP contribution in [0.5, 0.6) is 5.75 Å². The first-order valence-electron chi connectivity index (χ1n) is 9.78. The van der Waals surface area contributed by atoms with Gasteiger partial charge in [-0.15, -0.1) is 0 Å². The lowest BCUT2D eigenvalue weighted by atomic mass is 10.0. The van der Waals surface area contributed by atoms with Gasteiger partial charge in [-0.2, -0.15) is 0 Å². The van der Waals surface area contributed by atoms with E-state index in [-0.39, 0.29) is 18.3 Å². The Kier molecular flexibility index (Phi) is 6.82. The summed E-state index contributed by atoms with van der Waals surface area (Å²) in [5.41, 5.74) is 1.92. The van der Waals surface area contributed by atoms with Crippen molar-refractivity contribution in [2.45, 2.75) is 32.4 Å². The average Bonchev–Trinajstić information content (AvgIpc) is 2.73. The van der Waals surface area contributed by atoms with Gasteiger partial charge in [0.05, 0.1) is 0 Å². The molecule has 0 spiro atoms. The van der Waals surface area contributed by atoms with Crippen LogP contribution in [0.1, 0.15) is 35.7 Å². The molecule has 0 unspecified atom stereocenters. The van der Waals surface area contributed by atoms with Crippen molar-refractivity contribution in [3.8, 4) is 5.75 Å². The summed E-state index contributed by atoms with van der Waals surface area (Å²) in [6.07, 6.45) is 2.10. The molecule has 1 fully saturated rings. The largest absolute Gasteiger partial charge is 0.484 e. The Hall–Kier alpha value is -2.66. The van der Waals surface area contributed by atoms with Gasteiger partial charge in [-0.25, -0.2) is 0 Å². The van der Waals surface area contributed by atoms with Crippen LogP contribution in [0, 0.1) is 0 Å². The number of amides is 1. The van der Waals surface area contributed by atoms with Crippen LogP contribution in [0.2, 0.25) is 0 Å². The summed E-state index contributed by atoms with van der Waals surface area (Å²) in [6.45, 7) is 3.94. The molecule has 0 saturated carbocycles. The topological polar surface area (TPSA) is 49.9 Å². The molecule has 1 heterocycles. The SMILES string of the molecule is CC(=O)c1ccc(OCC(=O)N2CCC[C@H](N(C)Cc3ccccc3)C2)cc1. The zero-order chi connectivity index (χ0) is 19.9. The average molecular weight is 380 g/mol. The lowest BCUT2D eigenvalue weighted by molar-refractivity contribution is -0.135. The summed E-state index contributed by atoms with van der Waals surface area (Å²) in [7, 11) is 2.12. The zero-order valence-electron chi connectivity index (χ0n) is 16.6. The van der Waals surface area contributed by atoms with Crippen molar-refractivity contribution in [2.24, 2.45) is 0 Å². The Morgan fingerprint density at radius 3 is 2.50 bits per heavy atom. The van der Waals surface area contributed by atoms with Crippen molar-refractivity contribution in [1.29, 1.82) is 0 Å². The molecule has 2 aromatic rings. The highest BCUT2D eigenvalue weighted by atomic mass is 16.5. The van der Waals surface area contributed by atoms with Gasteiger partial charge in [0.1, 0.15) is 5.75 Å². The van der Waals surface area contributed by atoms with Crippen LogP contribution in [0.4, 0.5) is 0 Å². The number of rotatable bonds is 7. The molecule has 0 aliphatic carbocycles. The van der Waals surface area contributed by atoms with Gasteiger partial charge in [-0.3, -0.25) is 14.5 Å². The maximum absolute atomic E-state index is 12.6. The molecule has 148 valence electrons. The summed E-state index contributed by atoms with van der Waals surface area (Å²) in [6, 6.07) is 17.7. The number of piperidine rings is 1. The van der Waals surface area contributed by atoms with E-state index >= 15 is 0 Å². The first kappa shape index (κ1) is 20.1. The van der Waals surface area contributed by atoms with Gasteiger partial charge in [0.2, 0.25) is 0 Å². The van der Waals surface area contributed by atoms with Crippen molar-refractivity contribution in [2.75, 3.05) is 26.7 Å². The summed E-state index contributed by atoms with van der Waals surface area (Å²) in [5, 5.41) is 0. The van der Waals surface area contributed by atoms with Crippen LogP contribution in [0.3, 0.4) is 0 Å². The number of likely N-dealkylation sites (N-methyl/N-ethyl adjacent to an activating group) is 1. The van der Waals surface area contributed by atoms with E-state index in [0.29, 0.717) is 17.4 Å². The number of Topliss-reactive ketones (excluding diaryl/α,β-unsaturated/α-hetero) is 1. The van der Waals surface area contributed by atoms with E-state index in [0.717, 1.165) is 32.5 Å². The highest BCUT2D eigenvalue weighted by Crippen LogP contribution is 2.18. The van der Waals surface area contributed by atoms with E-state index in [2.05, 4.69) is 36.2 Å². The monoisotopic (exact) mass is 380 g/mol. The third kappa shape index (κ3) is 5.42. The third-order valence-electron chi connectivity index (χ3n) is 5.27. The van der Waals surface area contributed by atoms with Crippen LogP contribution in [0.15, 0.2) is 54.6 Å². The molecule has 0 radical (unpaired) electrons. The molecule has 1 amide bonds. The molecule has 1 aliphatic rings. The maximum atomic E-state index is 12.6. The van der Waals surface area contributed by atoms with E-state index in [1.807, 2.05) is 11.0 Å². The Bertz CT molecular complexity index is 789. The molecular weight excluding hydrogens is 352 g/mol. The molecule has 5 nitrogen and oxygen atoms in total. The Morgan fingerprint density at radius 1 is 1.11 bits per heavy atom. The number of hydrogen-bond donors (Lipinski definition) is 0. The Balaban J connectivity index is 1.50. The predicted octanol–water partition coefficient (Wildman–Crippen LogP) is 3.39. The third-order valence-corrected chi connectivity index (χ3v) is 5.27. The van der Waals surface area contributed by atoms with Crippen molar-refractivity contribution in [1.82, 2.24) is 9.80 Å². The van der Waals surface area contributed by atoms with Gasteiger partial charge in [0.15, 0.2) is 12.4 Å². The number of carbonyl (C=O) groups excluding carboxylic acids is 2. The van der Waals surface area contributed by atoms with E-state index in [4.69, 9.17) is 4.74 Å². The number of ether oxygens (including phenoxy) is 1. The zero-order valence-corrected chi connectivity index (χ0v) is 16.6. The van der Waals surface area contributed by atoms with Crippen LogP contribution >= 0.6 is 0 Å². The summed E-state index contributed by atoms with van der Waals surface area (Å²) in [5.74, 6) is 0.628. The van der Waals surface area contributed by atoms with E-state index in [1.165, 1.54) is 12.5 Å². The highest BCUT2D eigenvalue weighted by Gasteiger charge is 2.26. The fourth-order valence-electron chi connectivity index (χ4n) is 3.56.